The normalized spacial score (nSPS) is 14.9. The number of fused-ring (bicyclic) bond motifs is 1. The molecule has 2 N–H and O–H groups in total. The zero-order valence-electron chi connectivity index (χ0n) is 16.7. The van der Waals surface area contributed by atoms with E-state index in [1.165, 1.54) is 0 Å². The van der Waals surface area contributed by atoms with Gasteiger partial charge < -0.3 is 19.9 Å². The topological polar surface area (TPSA) is 92.4 Å². The SMILES string of the molecule is COc1cc(OC)c(Cl)c(-c2cc3cnc(N)nc3c(C3CCOCC3)n2)c1C. The largest absolute Gasteiger partial charge is 0.496 e. The molecular formula is C21H23ClN4O3. The fourth-order valence-electron chi connectivity index (χ4n) is 3.83. The second kappa shape index (κ2) is 8.00. The Balaban J connectivity index is 1.99. The number of nitrogen functional groups attached to an aromatic ring is 1. The summed E-state index contributed by atoms with van der Waals surface area (Å²) in [5.41, 5.74) is 9.93. The summed E-state index contributed by atoms with van der Waals surface area (Å²) in [4.78, 5) is 13.7. The Labute approximate surface area is 174 Å². The van der Waals surface area contributed by atoms with Crippen molar-refractivity contribution in [1.82, 2.24) is 15.0 Å². The number of aromatic nitrogens is 3. The van der Waals surface area contributed by atoms with Crippen molar-refractivity contribution in [3.05, 3.63) is 34.6 Å². The van der Waals surface area contributed by atoms with Crippen molar-refractivity contribution < 1.29 is 14.2 Å². The van der Waals surface area contributed by atoms with Gasteiger partial charge in [-0.2, -0.15) is 0 Å². The van der Waals surface area contributed by atoms with Crippen LogP contribution >= 0.6 is 11.6 Å². The average Bonchev–Trinajstić information content (AvgIpc) is 2.74. The third-order valence-corrected chi connectivity index (χ3v) is 5.73. The first-order valence-electron chi connectivity index (χ1n) is 9.45. The Bertz CT molecular complexity index is 1040. The van der Waals surface area contributed by atoms with E-state index in [0.717, 1.165) is 46.3 Å². The number of anilines is 1. The highest BCUT2D eigenvalue weighted by atomic mass is 35.5. The zero-order valence-corrected chi connectivity index (χ0v) is 17.4. The molecule has 3 aromatic rings. The maximum Gasteiger partial charge on any atom is 0.220 e. The molecule has 0 saturated carbocycles. The van der Waals surface area contributed by atoms with Crippen LogP contribution in [0, 0.1) is 6.92 Å². The van der Waals surface area contributed by atoms with E-state index in [1.807, 2.05) is 13.0 Å². The number of ether oxygens (including phenoxy) is 3. The predicted octanol–water partition coefficient (Wildman–Crippen LogP) is 4.15. The number of methoxy groups -OCH3 is 2. The van der Waals surface area contributed by atoms with Crippen LogP contribution in [-0.4, -0.2) is 42.4 Å². The summed E-state index contributed by atoms with van der Waals surface area (Å²) in [6, 6.07) is 3.72. The molecular weight excluding hydrogens is 392 g/mol. The zero-order chi connectivity index (χ0) is 20.5. The van der Waals surface area contributed by atoms with Crippen molar-refractivity contribution in [2.75, 3.05) is 33.2 Å². The molecule has 2 aromatic heterocycles. The second-order valence-electron chi connectivity index (χ2n) is 7.04. The van der Waals surface area contributed by atoms with Gasteiger partial charge in [0.25, 0.3) is 0 Å². The van der Waals surface area contributed by atoms with Crippen molar-refractivity contribution in [3.63, 3.8) is 0 Å². The third-order valence-electron chi connectivity index (χ3n) is 5.36. The number of nitrogens with zero attached hydrogens (tertiary/aromatic N) is 3. The monoisotopic (exact) mass is 414 g/mol. The standard InChI is InChI=1S/C21H23ClN4O3/c1-11-15(27-2)9-16(28-3)18(22)17(11)14-8-13-10-24-21(23)26-20(13)19(25-14)12-4-6-29-7-5-12/h8-10,12H,4-7H2,1-3H3,(H2,23,24,26). The number of hydrogen-bond donors (Lipinski definition) is 1. The lowest BCUT2D eigenvalue weighted by molar-refractivity contribution is 0.0848. The molecule has 3 heterocycles. The molecule has 8 heteroatoms. The Hall–Kier alpha value is -2.64. The van der Waals surface area contributed by atoms with Crippen molar-refractivity contribution in [2.24, 2.45) is 0 Å². The van der Waals surface area contributed by atoms with Crippen LogP contribution in [0.2, 0.25) is 5.02 Å². The molecule has 0 bridgehead atoms. The van der Waals surface area contributed by atoms with Gasteiger partial charge in [0.1, 0.15) is 11.5 Å². The molecule has 4 rings (SSSR count). The summed E-state index contributed by atoms with van der Waals surface area (Å²) < 4.78 is 16.5. The molecule has 0 spiro atoms. The third kappa shape index (κ3) is 3.56. The highest BCUT2D eigenvalue weighted by Crippen LogP contribution is 2.43. The summed E-state index contributed by atoms with van der Waals surface area (Å²) in [7, 11) is 3.20. The first kappa shape index (κ1) is 19.7. The van der Waals surface area contributed by atoms with Crippen LogP contribution in [0.5, 0.6) is 11.5 Å². The van der Waals surface area contributed by atoms with Gasteiger partial charge in [-0.1, -0.05) is 11.6 Å². The number of pyridine rings is 1. The van der Waals surface area contributed by atoms with Gasteiger partial charge in [0.15, 0.2) is 0 Å². The Kier molecular flexibility index (Phi) is 5.43. The predicted molar refractivity (Wildman–Crippen MR) is 113 cm³/mol. The van der Waals surface area contributed by atoms with E-state index < -0.39 is 0 Å². The van der Waals surface area contributed by atoms with Crippen molar-refractivity contribution >= 4 is 28.5 Å². The Morgan fingerprint density at radius 2 is 1.83 bits per heavy atom. The van der Waals surface area contributed by atoms with Gasteiger partial charge in [-0.05, 0) is 25.8 Å². The molecule has 1 fully saturated rings. The van der Waals surface area contributed by atoms with Crippen LogP contribution < -0.4 is 15.2 Å². The molecule has 0 aliphatic carbocycles. The van der Waals surface area contributed by atoms with Crippen molar-refractivity contribution in [1.29, 1.82) is 0 Å². The molecule has 1 aliphatic heterocycles. The van der Waals surface area contributed by atoms with E-state index in [-0.39, 0.29) is 11.9 Å². The van der Waals surface area contributed by atoms with E-state index in [0.29, 0.717) is 29.7 Å². The first-order chi connectivity index (χ1) is 14.0. The molecule has 1 aromatic carbocycles. The average molecular weight is 415 g/mol. The molecule has 0 radical (unpaired) electrons. The smallest absolute Gasteiger partial charge is 0.220 e. The fraction of sp³-hybridized carbons (Fsp3) is 0.381. The minimum atomic E-state index is 0.229. The number of rotatable bonds is 4. The lowest BCUT2D eigenvalue weighted by atomic mass is 9.93. The van der Waals surface area contributed by atoms with Crippen LogP contribution in [0.3, 0.4) is 0 Å². The van der Waals surface area contributed by atoms with Gasteiger partial charge in [0.05, 0.1) is 36.1 Å². The van der Waals surface area contributed by atoms with Crippen LogP contribution in [0.1, 0.15) is 30.0 Å². The Morgan fingerprint density at radius 1 is 1.10 bits per heavy atom. The molecule has 7 nitrogen and oxygen atoms in total. The first-order valence-corrected chi connectivity index (χ1v) is 9.83. The van der Waals surface area contributed by atoms with E-state index in [2.05, 4.69) is 9.97 Å². The second-order valence-corrected chi connectivity index (χ2v) is 7.42. The van der Waals surface area contributed by atoms with Gasteiger partial charge in [-0.15, -0.1) is 0 Å². The minimum absolute atomic E-state index is 0.229. The van der Waals surface area contributed by atoms with Gasteiger partial charge >= 0.3 is 0 Å². The van der Waals surface area contributed by atoms with E-state index in [9.17, 15) is 0 Å². The molecule has 1 aliphatic rings. The number of nitrogens with two attached hydrogens (primary N) is 1. The van der Waals surface area contributed by atoms with Crippen LogP contribution in [-0.2, 0) is 4.74 Å². The van der Waals surface area contributed by atoms with Gasteiger partial charge in [-0.25, -0.2) is 9.97 Å². The summed E-state index contributed by atoms with van der Waals surface area (Å²) in [5.74, 6) is 1.68. The van der Waals surface area contributed by atoms with Crippen molar-refractivity contribution in [2.45, 2.75) is 25.7 Å². The summed E-state index contributed by atoms with van der Waals surface area (Å²) in [6.45, 7) is 3.36. The van der Waals surface area contributed by atoms with Gasteiger partial charge in [-0.3, -0.25) is 4.98 Å². The minimum Gasteiger partial charge on any atom is -0.496 e. The number of hydrogen-bond acceptors (Lipinski definition) is 7. The Morgan fingerprint density at radius 3 is 2.52 bits per heavy atom. The van der Waals surface area contributed by atoms with Crippen LogP contribution in [0.25, 0.3) is 22.2 Å². The van der Waals surface area contributed by atoms with Gasteiger partial charge in [0.2, 0.25) is 5.95 Å². The molecule has 29 heavy (non-hydrogen) atoms. The highest BCUT2D eigenvalue weighted by molar-refractivity contribution is 6.35. The van der Waals surface area contributed by atoms with E-state index in [4.69, 9.17) is 36.5 Å². The highest BCUT2D eigenvalue weighted by Gasteiger charge is 2.24. The van der Waals surface area contributed by atoms with Crippen molar-refractivity contribution in [3.8, 4) is 22.8 Å². The summed E-state index contributed by atoms with van der Waals surface area (Å²) in [6.07, 6.45) is 3.49. The number of benzene rings is 1. The maximum absolute atomic E-state index is 6.70. The molecule has 0 amide bonds. The molecule has 0 atom stereocenters. The lowest BCUT2D eigenvalue weighted by Crippen LogP contribution is -2.16. The van der Waals surface area contributed by atoms with E-state index >= 15 is 0 Å². The maximum atomic E-state index is 6.70. The lowest BCUT2D eigenvalue weighted by Gasteiger charge is -2.23. The summed E-state index contributed by atoms with van der Waals surface area (Å²) >= 11 is 6.70. The fourth-order valence-corrected chi connectivity index (χ4v) is 4.20. The quantitative estimate of drug-likeness (QED) is 0.685. The molecule has 152 valence electrons. The van der Waals surface area contributed by atoms with E-state index in [1.54, 1.807) is 26.5 Å². The van der Waals surface area contributed by atoms with Gasteiger partial charge in [0, 0.05) is 47.9 Å². The molecule has 1 saturated heterocycles. The molecule has 0 unspecified atom stereocenters. The number of halogens is 1. The summed E-state index contributed by atoms with van der Waals surface area (Å²) in [5, 5.41) is 1.36. The van der Waals surface area contributed by atoms with Crippen LogP contribution in [0.4, 0.5) is 5.95 Å². The van der Waals surface area contributed by atoms with Crippen LogP contribution in [0.15, 0.2) is 18.3 Å².